The smallest absolute Gasteiger partial charge is 0.338 e. The molecule has 0 aliphatic carbocycles. The number of hydrogen-bond donors (Lipinski definition) is 0. The van der Waals surface area contributed by atoms with Crippen molar-refractivity contribution in [3.05, 3.63) is 34.9 Å². The van der Waals surface area contributed by atoms with Crippen LogP contribution in [-0.4, -0.2) is 25.2 Å². The topological polar surface area (TPSA) is 52.6 Å². The average Bonchev–Trinajstić information content (AvgIpc) is 2.36. The van der Waals surface area contributed by atoms with Crippen LogP contribution in [0.15, 0.2) is 18.2 Å². The SMILES string of the molecule is CCCOC(=O)Cc1cc(C)ccc1C(=O)OCC. The second-order valence-electron chi connectivity index (χ2n) is 4.28. The number of rotatable bonds is 6. The van der Waals surface area contributed by atoms with Crippen LogP contribution in [0.4, 0.5) is 0 Å². The molecule has 0 saturated carbocycles. The van der Waals surface area contributed by atoms with Crippen molar-refractivity contribution in [2.45, 2.75) is 33.6 Å². The van der Waals surface area contributed by atoms with E-state index < -0.39 is 5.97 Å². The predicted octanol–water partition coefficient (Wildman–Crippen LogP) is 2.67. The maximum atomic E-state index is 11.8. The molecule has 1 aromatic rings. The number of hydrogen-bond acceptors (Lipinski definition) is 4. The molecule has 4 heteroatoms. The van der Waals surface area contributed by atoms with Gasteiger partial charge in [-0.25, -0.2) is 4.79 Å². The second kappa shape index (κ2) is 7.56. The minimum Gasteiger partial charge on any atom is -0.465 e. The summed E-state index contributed by atoms with van der Waals surface area (Å²) < 4.78 is 10.0. The second-order valence-corrected chi connectivity index (χ2v) is 4.28. The molecule has 1 aromatic carbocycles. The lowest BCUT2D eigenvalue weighted by molar-refractivity contribution is -0.142. The summed E-state index contributed by atoms with van der Waals surface area (Å²) in [7, 11) is 0. The van der Waals surface area contributed by atoms with Gasteiger partial charge in [-0.2, -0.15) is 0 Å². The van der Waals surface area contributed by atoms with Gasteiger partial charge in [-0.05, 0) is 31.9 Å². The summed E-state index contributed by atoms with van der Waals surface area (Å²) in [5, 5.41) is 0. The molecule has 0 bridgehead atoms. The van der Waals surface area contributed by atoms with Crippen molar-refractivity contribution in [1.29, 1.82) is 0 Å². The lowest BCUT2D eigenvalue weighted by atomic mass is 10.0. The summed E-state index contributed by atoms with van der Waals surface area (Å²) in [6, 6.07) is 5.34. The summed E-state index contributed by atoms with van der Waals surface area (Å²) in [6.07, 6.45) is 0.875. The van der Waals surface area contributed by atoms with Gasteiger partial charge in [-0.3, -0.25) is 4.79 Å². The fourth-order valence-corrected chi connectivity index (χ4v) is 1.70. The molecule has 0 fully saturated rings. The van der Waals surface area contributed by atoms with Gasteiger partial charge in [0, 0.05) is 0 Å². The third kappa shape index (κ3) is 4.73. The monoisotopic (exact) mass is 264 g/mol. The van der Waals surface area contributed by atoms with E-state index in [2.05, 4.69) is 0 Å². The Bertz CT molecular complexity index is 451. The van der Waals surface area contributed by atoms with E-state index in [1.807, 2.05) is 26.0 Å². The molecule has 0 heterocycles. The maximum absolute atomic E-state index is 11.8. The van der Waals surface area contributed by atoms with E-state index in [9.17, 15) is 9.59 Å². The van der Waals surface area contributed by atoms with Gasteiger partial charge in [0.25, 0.3) is 0 Å². The lowest BCUT2D eigenvalue weighted by Gasteiger charge is -2.09. The molecule has 0 aliphatic heterocycles. The molecule has 0 spiro atoms. The molecule has 0 saturated heterocycles. The first-order valence-electron chi connectivity index (χ1n) is 6.50. The minimum absolute atomic E-state index is 0.0931. The first-order chi connectivity index (χ1) is 9.08. The molecule has 4 nitrogen and oxygen atoms in total. The molecule has 1 rings (SSSR count). The number of ether oxygens (including phenoxy) is 2. The van der Waals surface area contributed by atoms with Gasteiger partial charge in [0.15, 0.2) is 0 Å². The molecule has 104 valence electrons. The van der Waals surface area contributed by atoms with E-state index in [-0.39, 0.29) is 12.4 Å². The van der Waals surface area contributed by atoms with Gasteiger partial charge < -0.3 is 9.47 Å². The third-order valence-corrected chi connectivity index (χ3v) is 2.56. The van der Waals surface area contributed by atoms with Crippen LogP contribution in [-0.2, 0) is 20.7 Å². The minimum atomic E-state index is -0.402. The maximum Gasteiger partial charge on any atom is 0.338 e. The standard InChI is InChI=1S/C15H20O4/c1-4-8-19-14(16)10-12-9-11(3)6-7-13(12)15(17)18-5-2/h6-7,9H,4-5,8,10H2,1-3H3. The molecule has 0 aliphatic rings. The van der Waals surface area contributed by atoms with Gasteiger partial charge in [-0.15, -0.1) is 0 Å². The van der Waals surface area contributed by atoms with E-state index in [0.717, 1.165) is 12.0 Å². The van der Waals surface area contributed by atoms with E-state index in [4.69, 9.17) is 9.47 Å². The van der Waals surface area contributed by atoms with Crippen LogP contribution < -0.4 is 0 Å². The Morgan fingerprint density at radius 1 is 1.16 bits per heavy atom. The zero-order chi connectivity index (χ0) is 14.3. The van der Waals surface area contributed by atoms with Crippen molar-refractivity contribution in [3.63, 3.8) is 0 Å². The zero-order valence-corrected chi connectivity index (χ0v) is 11.7. The number of esters is 2. The Balaban J connectivity index is 2.88. The van der Waals surface area contributed by atoms with Crippen molar-refractivity contribution >= 4 is 11.9 Å². The van der Waals surface area contributed by atoms with Crippen molar-refractivity contribution in [1.82, 2.24) is 0 Å². The van der Waals surface area contributed by atoms with Crippen LogP contribution in [0.5, 0.6) is 0 Å². The Labute approximate surface area is 113 Å². The number of carbonyl (C=O) groups is 2. The van der Waals surface area contributed by atoms with Crippen molar-refractivity contribution < 1.29 is 19.1 Å². The summed E-state index contributed by atoms with van der Waals surface area (Å²) in [5.41, 5.74) is 2.08. The summed E-state index contributed by atoms with van der Waals surface area (Å²) in [5.74, 6) is -0.723. The first kappa shape index (κ1) is 15.2. The molecule has 0 radical (unpaired) electrons. The number of benzene rings is 1. The van der Waals surface area contributed by atoms with Gasteiger partial charge in [-0.1, -0.05) is 24.6 Å². The van der Waals surface area contributed by atoms with E-state index >= 15 is 0 Å². The van der Waals surface area contributed by atoms with Gasteiger partial charge in [0.2, 0.25) is 0 Å². The van der Waals surface area contributed by atoms with Crippen LogP contribution >= 0.6 is 0 Å². The van der Waals surface area contributed by atoms with Crippen LogP contribution in [0.3, 0.4) is 0 Å². The summed E-state index contributed by atoms with van der Waals surface area (Å²) in [4.78, 5) is 23.4. The van der Waals surface area contributed by atoms with Crippen molar-refractivity contribution in [2.24, 2.45) is 0 Å². The molecular weight excluding hydrogens is 244 g/mol. The highest BCUT2D eigenvalue weighted by atomic mass is 16.5. The van der Waals surface area contributed by atoms with Crippen LogP contribution in [0.2, 0.25) is 0 Å². The quantitative estimate of drug-likeness (QED) is 0.741. The Hall–Kier alpha value is -1.84. The highest BCUT2D eigenvalue weighted by Gasteiger charge is 2.15. The molecule has 0 atom stereocenters. The van der Waals surface area contributed by atoms with Crippen molar-refractivity contribution in [3.8, 4) is 0 Å². The fraction of sp³-hybridized carbons (Fsp3) is 0.467. The van der Waals surface area contributed by atoms with Crippen LogP contribution in [0.1, 0.15) is 41.8 Å². The Kier molecular flexibility index (Phi) is 6.06. The first-order valence-corrected chi connectivity index (χ1v) is 6.50. The highest BCUT2D eigenvalue weighted by Crippen LogP contribution is 2.14. The predicted molar refractivity (Wildman–Crippen MR) is 72.1 cm³/mol. The number of aryl methyl sites for hydroxylation is 1. The molecule has 0 N–H and O–H groups in total. The molecular formula is C15H20O4. The average molecular weight is 264 g/mol. The van der Waals surface area contributed by atoms with Crippen molar-refractivity contribution in [2.75, 3.05) is 13.2 Å². The fourth-order valence-electron chi connectivity index (χ4n) is 1.70. The van der Waals surface area contributed by atoms with E-state index in [0.29, 0.717) is 24.3 Å². The molecule has 0 unspecified atom stereocenters. The lowest BCUT2D eigenvalue weighted by Crippen LogP contribution is -2.14. The summed E-state index contributed by atoms with van der Waals surface area (Å²) >= 11 is 0. The van der Waals surface area contributed by atoms with E-state index in [1.54, 1.807) is 13.0 Å². The van der Waals surface area contributed by atoms with Crippen LogP contribution in [0, 0.1) is 6.92 Å². The molecule has 0 aromatic heterocycles. The Morgan fingerprint density at radius 3 is 2.53 bits per heavy atom. The Morgan fingerprint density at radius 2 is 1.89 bits per heavy atom. The molecule has 0 amide bonds. The van der Waals surface area contributed by atoms with Gasteiger partial charge in [0.1, 0.15) is 0 Å². The largest absolute Gasteiger partial charge is 0.465 e. The number of carbonyl (C=O) groups excluding carboxylic acids is 2. The normalized spacial score (nSPS) is 10.1. The van der Waals surface area contributed by atoms with Gasteiger partial charge >= 0.3 is 11.9 Å². The third-order valence-electron chi connectivity index (χ3n) is 2.56. The zero-order valence-electron chi connectivity index (χ0n) is 11.7. The van der Waals surface area contributed by atoms with E-state index in [1.165, 1.54) is 0 Å². The van der Waals surface area contributed by atoms with Gasteiger partial charge in [0.05, 0.1) is 25.2 Å². The summed E-state index contributed by atoms with van der Waals surface area (Å²) in [6.45, 7) is 6.31. The molecule has 19 heavy (non-hydrogen) atoms. The highest BCUT2D eigenvalue weighted by molar-refractivity contribution is 5.92. The van der Waals surface area contributed by atoms with Crippen LogP contribution in [0.25, 0.3) is 0 Å².